The maximum absolute atomic E-state index is 9.37. The molecule has 0 aliphatic heterocycles. The smallest absolute Gasteiger partial charge is 0.126 e. The molecule has 4 aromatic rings. The Bertz CT molecular complexity index is 918. The van der Waals surface area contributed by atoms with Gasteiger partial charge in [-0.2, -0.15) is 0 Å². The van der Waals surface area contributed by atoms with Crippen LogP contribution in [-0.2, 0) is 0 Å². The lowest BCUT2D eigenvalue weighted by Crippen LogP contribution is -1.83. The van der Waals surface area contributed by atoms with Gasteiger partial charge >= 0.3 is 0 Å². The molecule has 0 saturated carbocycles. The van der Waals surface area contributed by atoms with E-state index in [2.05, 4.69) is 18.2 Å². The molecule has 4 rings (SSSR count). The van der Waals surface area contributed by atoms with E-state index in [1.807, 2.05) is 60.7 Å². The molecule has 0 aliphatic carbocycles. The third-order valence-electron chi connectivity index (χ3n) is 3.74. The van der Waals surface area contributed by atoms with Crippen molar-refractivity contribution in [3.05, 3.63) is 84.9 Å². The number of benzene rings is 4. The summed E-state index contributed by atoms with van der Waals surface area (Å²) in [6.07, 6.45) is 0. The Morgan fingerprint density at radius 3 is 1.78 bits per heavy atom. The molecular formula is C21H18O2. The highest BCUT2D eigenvalue weighted by Gasteiger charge is 1.97. The van der Waals surface area contributed by atoms with Crippen LogP contribution >= 0.6 is 0 Å². The van der Waals surface area contributed by atoms with Gasteiger partial charge in [-0.05, 0) is 22.9 Å². The molecule has 0 atom stereocenters. The van der Waals surface area contributed by atoms with E-state index >= 15 is 0 Å². The van der Waals surface area contributed by atoms with Crippen LogP contribution < -0.4 is 4.74 Å². The first kappa shape index (κ1) is 14.9. The van der Waals surface area contributed by atoms with E-state index in [1.165, 1.54) is 10.8 Å². The van der Waals surface area contributed by atoms with Gasteiger partial charge in [-0.3, -0.25) is 0 Å². The number of methoxy groups -OCH3 is 1. The van der Waals surface area contributed by atoms with Crippen LogP contribution in [0.4, 0.5) is 0 Å². The lowest BCUT2D eigenvalue weighted by Gasteiger charge is -2.03. The van der Waals surface area contributed by atoms with Crippen molar-refractivity contribution in [3.8, 4) is 11.5 Å². The molecule has 0 aromatic heterocycles. The number of phenols is 1. The molecule has 0 spiro atoms. The summed E-state index contributed by atoms with van der Waals surface area (Å²) in [6.45, 7) is 0. The van der Waals surface area contributed by atoms with E-state index in [0.29, 0.717) is 5.75 Å². The predicted molar refractivity (Wildman–Crippen MR) is 96.1 cm³/mol. The molecule has 0 saturated heterocycles. The van der Waals surface area contributed by atoms with Crippen molar-refractivity contribution in [1.82, 2.24) is 0 Å². The Morgan fingerprint density at radius 1 is 0.609 bits per heavy atom. The average molecular weight is 302 g/mol. The summed E-state index contributed by atoms with van der Waals surface area (Å²) >= 11 is 0. The summed E-state index contributed by atoms with van der Waals surface area (Å²) in [5.41, 5.74) is 0. The molecule has 0 unspecified atom stereocenters. The number of hydrogen-bond donors (Lipinski definition) is 1. The molecule has 1 N–H and O–H groups in total. The number of phenolic OH excluding ortho intramolecular Hbond substituents is 1. The van der Waals surface area contributed by atoms with Crippen LogP contribution in [0.5, 0.6) is 11.5 Å². The van der Waals surface area contributed by atoms with Gasteiger partial charge in [0.25, 0.3) is 0 Å². The van der Waals surface area contributed by atoms with Crippen LogP contribution in [-0.4, -0.2) is 12.2 Å². The van der Waals surface area contributed by atoms with Crippen molar-refractivity contribution in [1.29, 1.82) is 0 Å². The van der Waals surface area contributed by atoms with Gasteiger partial charge in [0.05, 0.1) is 7.11 Å². The predicted octanol–water partition coefficient (Wildman–Crippen LogP) is 5.39. The van der Waals surface area contributed by atoms with Crippen molar-refractivity contribution >= 4 is 21.5 Å². The second kappa shape index (κ2) is 6.84. The van der Waals surface area contributed by atoms with Crippen molar-refractivity contribution in [2.24, 2.45) is 0 Å². The summed E-state index contributed by atoms with van der Waals surface area (Å²) in [7, 11) is 1.70. The highest BCUT2D eigenvalue weighted by atomic mass is 16.5. The number of fused-ring (bicyclic) bond motifs is 2. The van der Waals surface area contributed by atoms with Crippen LogP contribution in [0.1, 0.15) is 0 Å². The summed E-state index contributed by atoms with van der Waals surface area (Å²) in [6, 6.07) is 27.5. The first-order valence-electron chi connectivity index (χ1n) is 7.48. The van der Waals surface area contributed by atoms with Crippen molar-refractivity contribution in [2.75, 3.05) is 7.11 Å². The molecular weight excluding hydrogens is 284 g/mol. The zero-order valence-corrected chi connectivity index (χ0v) is 12.9. The lowest BCUT2D eigenvalue weighted by molar-refractivity contribution is 0.420. The maximum atomic E-state index is 9.37. The van der Waals surface area contributed by atoms with Gasteiger partial charge in [0.2, 0.25) is 0 Å². The zero-order valence-electron chi connectivity index (χ0n) is 12.9. The Kier molecular flexibility index (Phi) is 4.44. The monoisotopic (exact) mass is 302 g/mol. The molecule has 0 radical (unpaired) electrons. The first-order valence-corrected chi connectivity index (χ1v) is 7.48. The average Bonchev–Trinajstić information content (AvgIpc) is 2.62. The fraction of sp³-hybridized carbons (Fsp3) is 0.0476. The quantitative estimate of drug-likeness (QED) is 0.510. The Hall–Kier alpha value is -3.00. The summed E-state index contributed by atoms with van der Waals surface area (Å²) in [4.78, 5) is 0. The highest BCUT2D eigenvalue weighted by Crippen LogP contribution is 2.24. The van der Waals surface area contributed by atoms with E-state index in [9.17, 15) is 5.11 Å². The number of aromatic hydroxyl groups is 1. The SMILES string of the molecule is COc1cccc2ccccc12.Oc1cccc2ccccc12. The second-order valence-electron chi connectivity index (χ2n) is 5.18. The number of hydrogen-bond acceptors (Lipinski definition) is 2. The second-order valence-corrected chi connectivity index (χ2v) is 5.18. The minimum atomic E-state index is 0.350. The molecule has 2 heteroatoms. The lowest BCUT2D eigenvalue weighted by atomic mass is 10.1. The van der Waals surface area contributed by atoms with Crippen LogP contribution in [0.2, 0.25) is 0 Å². The van der Waals surface area contributed by atoms with Crippen LogP contribution in [0.25, 0.3) is 21.5 Å². The number of rotatable bonds is 1. The zero-order chi connectivity index (χ0) is 16.1. The molecule has 2 nitrogen and oxygen atoms in total. The third kappa shape index (κ3) is 3.27. The Balaban J connectivity index is 0.000000136. The molecule has 0 amide bonds. The van der Waals surface area contributed by atoms with Crippen molar-refractivity contribution in [3.63, 3.8) is 0 Å². The minimum Gasteiger partial charge on any atom is -0.507 e. The third-order valence-corrected chi connectivity index (χ3v) is 3.74. The fourth-order valence-corrected chi connectivity index (χ4v) is 2.58. The molecule has 0 bridgehead atoms. The normalized spacial score (nSPS) is 10.1. The van der Waals surface area contributed by atoms with E-state index in [4.69, 9.17) is 4.74 Å². The summed E-state index contributed by atoms with van der Waals surface area (Å²) < 4.78 is 5.23. The van der Waals surface area contributed by atoms with Crippen LogP contribution in [0.3, 0.4) is 0 Å². The Labute approximate surface area is 135 Å². The molecule has 23 heavy (non-hydrogen) atoms. The topological polar surface area (TPSA) is 29.5 Å². The molecule has 114 valence electrons. The van der Waals surface area contributed by atoms with Gasteiger partial charge < -0.3 is 9.84 Å². The van der Waals surface area contributed by atoms with E-state index in [1.54, 1.807) is 13.2 Å². The van der Waals surface area contributed by atoms with Crippen LogP contribution in [0.15, 0.2) is 84.9 Å². The molecule has 0 aliphatic rings. The summed E-state index contributed by atoms with van der Waals surface area (Å²) in [5.74, 6) is 1.29. The maximum Gasteiger partial charge on any atom is 0.126 e. The van der Waals surface area contributed by atoms with E-state index in [-0.39, 0.29) is 0 Å². The van der Waals surface area contributed by atoms with Gasteiger partial charge in [0.1, 0.15) is 11.5 Å². The van der Waals surface area contributed by atoms with Gasteiger partial charge in [-0.15, -0.1) is 0 Å². The van der Waals surface area contributed by atoms with E-state index in [0.717, 1.165) is 16.5 Å². The number of ether oxygens (including phenoxy) is 1. The van der Waals surface area contributed by atoms with Gasteiger partial charge in [-0.1, -0.05) is 72.8 Å². The molecule has 0 heterocycles. The molecule has 0 fully saturated rings. The van der Waals surface area contributed by atoms with Gasteiger partial charge in [0, 0.05) is 10.8 Å². The van der Waals surface area contributed by atoms with Gasteiger partial charge in [-0.25, -0.2) is 0 Å². The fourth-order valence-electron chi connectivity index (χ4n) is 2.58. The Morgan fingerprint density at radius 2 is 1.13 bits per heavy atom. The summed E-state index contributed by atoms with van der Waals surface area (Å²) in [5, 5.41) is 13.7. The highest BCUT2D eigenvalue weighted by molar-refractivity contribution is 5.88. The largest absolute Gasteiger partial charge is 0.507 e. The standard InChI is InChI=1S/C11H10O.C10H8O/c1-12-11-8-4-6-9-5-2-3-7-10(9)11;11-10-7-3-5-8-4-1-2-6-9(8)10/h2-8H,1H3;1-7,11H. The van der Waals surface area contributed by atoms with Crippen LogP contribution in [0, 0.1) is 0 Å². The van der Waals surface area contributed by atoms with Gasteiger partial charge in [0.15, 0.2) is 0 Å². The first-order chi connectivity index (χ1) is 11.3. The van der Waals surface area contributed by atoms with Crippen molar-refractivity contribution < 1.29 is 9.84 Å². The molecule has 4 aromatic carbocycles. The minimum absolute atomic E-state index is 0.350. The van der Waals surface area contributed by atoms with Crippen molar-refractivity contribution in [2.45, 2.75) is 0 Å². The van der Waals surface area contributed by atoms with E-state index < -0.39 is 0 Å².